The number of hydrogen-bond acceptors (Lipinski definition) is 4. The molecule has 0 aliphatic carbocycles. The van der Waals surface area contributed by atoms with Crippen molar-refractivity contribution in [2.24, 2.45) is 0 Å². The molecule has 1 heterocycles. The van der Waals surface area contributed by atoms with Gasteiger partial charge in [-0.3, -0.25) is 9.59 Å². The smallest absolute Gasteiger partial charge is 0.325 e. The van der Waals surface area contributed by atoms with E-state index in [1.807, 2.05) is 13.8 Å². The first-order valence-corrected chi connectivity index (χ1v) is 6.90. The van der Waals surface area contributed by atoms with Gasteiger partial charge in [-0.15, -0.1) is 0 Å². The van der Waals surface area contributed by atoms with E-state index in [1.165, 1.54) is 17.0 Å². The molecular weight excluding hydrogens is 303 g/mol. The summed E-state index contributed by atoms with van der Waals surface area (Å²) in [5, 5.41) is 0.251. The molecule has 7 heteroatoms. The van der Waals surface area contributed by atoms with Crippen molar-refractivity contribution >= 4 is 35.1 Å². The number of esters is 1. The van der Waals surface area contributed by atoms with Gasteiger partial charge in [0.15, 0.2) is 0 Å². The number of hydrogen-bond donors (Lipinski definition) is 0. The van der Waals surface area contributed by atoms with Gasteiger partial charge < -0.3 is 9.64 Å². The van der Waals surface area contributed by atoms with E-state index in [4.69, 9.17) is 27.9 Å². The number of halogens is 2. The molecule has 0 aliphatic heterocycles. The molecule has 1 rings (SSSR count). The van der Waals surface area contributed by atoms with Crippen LogP contribution in [0.3, 0.4) is 0 Å². The van der Waals surface area contributed by atoms with Gasteiger partial charge in [-0.05, 0) is 32.9 Å². The quantitative estimate of drug-likeness (QED) is 0.618. The number of ether oxygens (including phenoxy) is 1. The van der Waals surface area contributed by atoms with Crippen LogP contribution in [0.25, 0.3) is 0 Å². The van der Waals surface area contributed by atoms with Crippen LogP contribution in [0, 0.1) is 0 Å². The van der Waals surface area contributed by atoms with Crippen LogP contribution in [0.15, 0.2) is 12.1 Å². The molecule has 0 aliphatic rings. The lowest BCUT2D eigenvalue weighted by atomic mass is 10.2. The molecule has 0 saturated carbocycles. The number of amides is 1. The Morgan fingerprint density at radius 2 is 1.85 bits per heavy atom. The van der Waals surface area contributed by atoms with Gasteiger partial charge in [0.05, 0.1) is 6.61 Å². The summed E-state index contributed by atoms with van der Waals surface area (Å²) < 4.78 is 4.86. The maximum Gasteiger partial charge on any atom is 0.325 e. The van der Waals surface area contributed by atoms with Crippen molar-refractivity contribution in [2.45, 2.75) is 26.8 Å². The van der Waals surface area contributed by atoms with E-state index in [0.717, 1.165) is 0 Å². The number of carbonyl (C=O) groups excluding carboxylic acids is 2. The third-order valence-electron chi connectivity index (χ3n) is 2.50. The summed E-state index contributed by atoms with van der Waals surface area (Å²) in [6.07, 6.45) is 0. The Labute approximate surface area is 127 Å². The number of pyridine rings is 1. The Morgan fingerprint density at radius 3 is 2.30 bits per heavy atom. The lowest BCUT2D eigenvalue weighted by molar-refractivity contribution is -0.144. The molecule has 0 atom stereocenters. The molecule has 0 fully saturated rings. The van der Waals surface area contributed by atoms with Crippen molar-refractivity contribution in [1.29, 1.82) is 0 Å². The largest absolute Gasteiger partial charge is 0.465 e. The minimum atomic E-state index is -0.458. The van der Waals surface area contributed by atoms with Gasteiger partial charge in [-0.2, -0.15) is 0 Å². The molecule has 0 unspecified atom stereocenters. The molecule has 1 aromatic rings. The monoisotopic (exact) mass is 318 g/mol. The third-order valence-corrected chi connectivity index (χ3v) is 2.89. The number of nitrogens with zero attached hydrogens (tertiary/aromatic N) is 2. The van der Waals surface area contributed by atoms with Gasteiger partial charge in [0.2, 0.25) is 0 Å². The van der Waals surface area contributed by atoms with Crippen LogP contribution in [-0.2, 0) is 9.53 Å². The SMILES string of the molecule is CCOC(=O)CN(C(=O)c1cc(Cl)nc(Cl)c1)C(C)C. The van der Waals surface area contributed by atoms with E-state index >= 15 is 0 Å². The van der Waals surface area contributed by atoms with Crippen molar-refractivity contribution in [3.05, 3.63) is 28.0 Å². The van der Waals surface area contributed by atoms with Crippen LogP contribution in [0.1, 0.15) is 31.1 Å². The van der Waals surface area contributed by atoms with E-state index in [0.29, 0.717) is 0 Å². The van der Waals surface area contributed by atoms with Gasteiger partial charge in [0.25, 0.3) is 5.91 Å². The molecule has 0 bridgehead atoms. The van der Waals surface area contributed by atoms with Crippen LogP contribution in [0.2, 0.25) is 10.3 Å². The summed E-state index contributed by atoms with van der Waals surface area (Å²) in [7, 11) is 0. The van der Waals surface area contributed by atoms with Crippen molar-refractivity contribution in [1.82, 2.24) is 9.88 Å². The van der Waals surface area contributed by atoms with E-state index in [-0.39, 0.29) is 41.0 Å². The van der Waals surface area contributed by atoms with Crippen LogP contribution in [0.4, 0.5) is 0 Å². The van der Waals surface area contributed by atoms with E-state index in [1.54, 1.807) is 6.92 Å². The maximum atomic E-state index is 12.4. The second-order valence-corrected chi connectivity index (χ2v) is 5.11. The number of rotatable bonds is 5. The van der Waals surface area contributed by atoms with E-state index in [2.05, 4.69) is 4.98 Å². The Kier molecular flexibility index (Phi) is 6.23. The molecule has 1 aromatic heterocycles. The summed E-state index contributed by atoms with van der Waals surface area (Å²) in [5.41, 5.74) is 0.285. The second-order valence-electron chi connectivity index (χ2n) is 4.33. The molecule has 0 N–H and O–H groups in total. The predicted molar refractivity (Wildman–Crippen MR) is 77.1 cm³/mol. The normalized spacial score (nSPS) is 10.5. The zero-order valence-electron chi connectivity index (χ0n) is 11.5. The highest BCUT2D eigenvalue weighted by molar-refractivity contribution is 6.33. The van der Waals surface area contributed by atoms with Crippen molar-refractivity contribution in [3.63, 3.8) is 0 Å². The molecule has 0 spiro atoms. The first-order chi connectivity index (χ1) is 9.35. The molecule has 110 valence electrons. The maximum absolute atomic E-state index is 12.4. The van der Waals surface area contributed by atoms with Crippen LogP contribution in [0.5, 0.6) is 0 Å². The predicted octanol–water partition coefficient (Wildman–Crippen LogP) is 2.80. The molecular formula is C13H16Cl2N2O3. The van der Waals surface area contributed by atoms with E-state index < -0.39 is 5.97 Å². The average Bonchev–Trinajstić information content (AvgIpc) is 2.34. The first kappa shape index (κ1) is 16.7. The lowest BCUT2D eigenvalue weighted by Crippen LogP contribution is -2.41. The molecule has 0 radical (unpaired) electrons. The third kappa shape index (κ3) is 4.65. The summed E-state index contributed by atoms with van der Waals surface area (Å²) in [6, 6.07) is 2.66. The highest BCUT2D eigenvalue weighted by atomic mass is 35.5. The van der Waals surface area contributed by atoms with Crippen molar-refractivity contribution < 1.29 is 14.3 Å². The highest BCUT2D eigenvalue weighted by Gasteiger charge is 2.23. The molecule has 0 aromatic carbocycles. The molecule has 0 saturated heterocycles. The fraction of sp³-hybridized carbons (Fsp3) is 0.462. The fourth-order valence-corrected chi connectivity index (χ4v) is 2.05. The Morgan fingerprint density at radius 1 is 1.30 bits per heavy atom. The van der Waals surface area contributed by atoms with Gasteiger partial charge >= 0.3 is 5.97 Å². The van der Waals surface area contributed by atoms with Gasteiger partial charge in [0, 0.05) is 11.6 Å². The number of aromatic nitrogens is 1. The van der Waals surface area contributed by atoms with Gasteiger partial charge in [-0.1, -0.05) is 23.2 Å². The standard InChI is InChI=1S/C13H16Cl2N2O3/c1-4-20-12(18)7-17(8(2)3)13(19)9-5-10(14)16-11(15)6-9/h5-6,8H,4,7H2,1-3H3. The van der Waals surface area contributed by atoms with E-state index in [9.17, 15) is 9.59 Å². The molecule has 20 heavy (non-hydrogen) atoms. The van der Waals surface area contributed by atoms with Crippen molar-refractivity contribution in [3.8, 4) is 0 Å². The molecule has 5 nitrogen and oxygen atoms in total. The highest BCUT2D eigenvalue weighted by Crippen LogP contribution is 2.17. The fourth-order valence-electron chi connectivity index (χ4n) is 1.59. The topological polar surface area (TPSA) is 59.5 Å². The van der Waals surface area contributed by atoms with Gasteiger partial charge in [0.1, 0.15) is 16.9 Å². The Balaban J connectivity index is 2.96. The summed E-state index contributed by atoms with van der Waals surface area (Å²) in [6.45, 7) is 5.47. The van der Waals surface area contributed by atoms with Gasteiger partial charge in [-0.25, -0.2) is 4.98 Å². The zero-order valence-corrected chi connectivity index (χ0v) is 13.0. The van der Waals surface area contributed by atoms with Crippen LogP contribution in [-0.4, -0.2) is 41.0 Å². The molecule has 1 amide bonds. The Hall–Kier alpha value is -1.33. The minimum absolute atomic E-state index is 0.123. The second kappa shape index (κ2) is 7.45. The summed E-state index contributed by atoms with van der Waals surface area (Å²) >= 11 is 11.6. The minimum Gasteiger partial charge on any atom is -0.465 e. The van der Waals surface area contributed by atoms with Crippen LogP contribution >= 0.6 is 23.2 Å². The summed E-state index contributed by atoms with van der Waals surface area (Å²) in [5.74, 6) is -0.806. The number of carbonyl (C=O) groups is 2. The van der Waals surface area contributed by atoms with Crippen LogP contribution < -0.4 is 0 Å². The zero-order chi connectivity index (χ0) is 15.3. The van der Waals surface area contributed by atoms with Crippen molar-refractivity contribution in [2.75, 3.05) is 13.2 Å². The Bertz CT molecular complexity index is 486. The average molecular weight is 319 g/mol. The first-order valence-electron chi connectivity index (χ1n) is 6.14. The summed E-state index contributed by atoms with van der Waals surface area (Å²) in [4.78, 5) is 29.1. The lowest BCUT2D eigenvalue weighted by Gasteiger charge is -2.25.